The van der Waals surface area contributed by atoms with Gasteiger partial charge in [-0.05, 0) is 31.4 Å². The third kappa shape index (κ3) is 3.21. The van der Waals surface area contributed by atoms with Crippen LogP contribution in [0.5, 0.6) is 0 Å². The predicted octanol–water partition coefficient (Wildman–Crippen LogP) is 1.01. The van der Waals surface area contributed by atoms with E-state index in [4.69, 9.17) is 10.8 Å². The van der Waals surface area contributed by atoms with Crippen LogP contribution in [0.3, 0.4) is 0 Å². The molecule has 6 nitrogen and oxygen atoms in total. The molecule has 1 aromatic heterocycles. The van der Waals surface area contributed by atoms with E-state index in [9.17, 15) is 9.59 Å². The lowest BCUT2D eigenvalue weighted by Gasteiger charge is -2.36. The van der Waals surface area contributed by atoms with E-state index in [1.165, 1.54) is 6.20 Å². The van der Waals surface area contributed by atoms with E-state index < -0.39 is 11.9 Å². The number of amides is 1. The zero-order valence-electron chi connectivity index (χ0n) is 10.6. The predicted molar refractivity (Wildman–Crippen MR) is 70.0 cm³/mol. The molecule has 1 aromatic rings. The van der Waals surface area contributed by atoms with Gasteiger partial charge in [-0.1, -0.05) is 0 Å². The number of nitrogens with two attached hydrogens (primary N) is 1. The average Bonchev–Trinajstić information content (AvgIpc) is 2.39. The molecule has 0 aromatic carbocycles. The average molecular weight is 263 g/mol. The van der Waals surface area contributed by atoms with Gasteiger partial charge >= 0.3 is 5.97 Å². The van der Waals surface area contributed by atoms with Gasteiger partial charge < -0.3 is 15.7 Å². The van der Waals surface area contributed by atoms with Crippen LogP contribution in [-0.2, 0) is 4.79 Å². The SMILES string of the molecule is NC(=O)c1ccnc(N2CCCCC2CC(=O)O)c1. The summed E-state index contributed by atoms with van der Waals surface area (Å²) in [5.41, 5.74) is 5.64. The molecule has 0 bridgehead atoms. The fourth-order valence-corrected chi connectivity index (χ4v) is 2.44. The highest BCUT2D eigenvalue weighted by molar-refractivity contribution is 5.93. The second-order valence-electron chi connectivity index (χ2n) is 4.71. The van der Waals surface area contributed by atoms with Gasteiger partial charge in [-0.15, -0.1) is 0 Å². The largest absolute Gasteiger partial charge is 0.481 e. The van der Waals surface area contributed by atoms with Gasteiger partial charge in [0.1, 0.15) is 5.82 Å². The van der Waals surface area contributed by atoms with E-state index in [2.05, 4.69) is 4.98 Å². The Bertz CT molecular complexity index is 490. The van der Waals surface area contributed by atoms with Crippen LogP contribution in [0.1, 0.15) is 36.0 Å². The minimum atomic E-state index is -0.817. The molecule has 1 fully saturated rings. The lowest BCUT2D eigenvalue weighted by molar-refractivity contribution is -0.137. The quantitative estimate of drug-likeness (QED) is 0.845. The number of rotatable bonds is 4. The molecule has 19 heavy (non-hydrogen) atoms. The summed E-state index contributed by atoms with van der Waals surface area (Å²) in [5, 5.41) is 8.95. The smallest absolute Gasteiger partial charge is 0.305 e. The number of carboxylic acids is 1. The molecule has 1 aliphatic rings. The van der Waals surface area contributed by atoms with E-state index in [0.29, 0.717) is 11.4 Å². The molecule has 0 radical (unpaired) electrons. The van der Waals surface area contributed by atoms with Gasteiger partial charge in [0, 0.05) is 24.3 Å². The molecule has 1 saturated heterocycles. The Hall–Kier alpha value is -2.11. The fourth-order valence-electron chi connectivity index (χ4n) is 2.44. The highest BCUT2D eigenvalue weighted by Crippen LogP contribution is 2.25. The molecule has 1 unspecified atom stereocenters. The van der Waals surface area contributed by atoms with Gasteiger partial charge in [-0.3, -0.25) is 9.59 Å². The first-order valence-corrected chi connectivity index (χ1v) is 6.32. The van der Waals surface area contributed by atoms with E-state index in [0.717, 1.165) is 25.8 Å². The lowest BCUT2D eigenvalue weighted by atomic mass is 9.99. The van der Waals surface area contributed by atoms with E-state index in [-0.39, 0.29) is 12.5 Å². The summed E-state index contributed by atoms with van der Waals surface area (Å²) in [5.74, 6) is -0.694. The number of anilines is 1. The fraction of sp³-hybridized carbons (Fsp3) is 0.462. The molecule has 0 aliphatic carbocycles. The maximum atomic E-state index is 11.2. The summed E-state index contributed by atoms with van der Waals surface area (Å²) in [4.78, 5) is 28.3. The van der Waals surface area contributed by atoms with Crippen molar-refractivity contribution in [2.45, 2.75) is 31.7 Å². The van der Waals surface area contributed by atoms with Crippen LogP contribution in [-0.4, -0.2) is 34.6 Å². The number of aromatic nitrogens is 1. The zero-order valence-corrected chi connectivity index (χ0v) is 10.6. The Morgan fingerprint density at radius 1 is 1.47 bits per heavy atom. The molecule has 1 amide bonds. The highest BCUT2D eigenvalue weighted by Gasteiger charge is 2.25. The number of carboxylic acid groups (broad SMARTS) is 1. The summed E-state index contributed by atoms with van der Waals surface area (Å²) in [6.45, 7) is 0.757. The number of hydrogen-bond donors (Lipinski definition) is 2. The van der Waals surface area contributed by atoms with Gasteiger partial charge in [-0.25, -0.2) is 4.98 Å². The van der Waals surface area contributed by atoms with Crippen LogP contribution in [0.4, 0.5) is 5.82 Å². The molecule has 1 atom stereocenters. The molecule has 2 heterocycles. The molecule has 0 spiro atoms. The van der Waals surface area contributed by atoms with Gasteiger partial charge in [0.15, 0.2) is 0 Å². The van der Waals surface area contributed by atoms with Crippen LogP contribution >= 0.6 is 0 Å². The highest BCUT2D eigenvalue weighted by atomic mass is 16.4. The van der Waals surface area contributed by atoms with Gasteiger partial charge in [-0.2, -0.15) is 0 Å². The topological polar surface area (TPSA) is 96.5 Å². The summed E-state index contributed by atoms with van der Waals surface area (Å²) < 4.78 is 0. The summed E-state index contributed by atoms with van der Waals surface area (Å²) >= 11 is 0. The molecule has 0 saturated carbocycles. The monoisotopic (exact) mass is 263 g/mol. The van der Waals surface area contributed by atoms with Crippen LogP contribution in [0, 0.1) is 0 Å². The maximum absolute atomic E-state index is 11.2. The summed E-state index contributed by atoms with van der Waals surface area (Å²) in [7, 11) is 0. The minimum Gasteiger partial charge on any atom is -0.481 e. The van der Waals surface area contributed by atoms with Crippen molar-refractivity contribution in [2.24, 2.45) is 5.73 Å². The Kier molecular flexibility index (Phi) is 3.99. The Morgan fingerprint density at radius 2 is 2.26 bits per heavy atom. The first kappa shape index (κ1) is 13.3. The number of aliphatic carboxylic acids is 1. The van der Waals surface area contributed by atoms with Crippen molar-refractivity contribution in [1.29, 1.82) is 0 Å². The minimum absolute atomic E-state index is 0.0677. The van der Waals surface area contributed by atoms with Crippen molar-refractivity contribution in [2.75, 3.05) is 11.4 Å². The van der Waals surface area contributed by atoms with Crippen LogP contribution < -0.4 is 10.6 Å². The summed E-state index contributed by atoms with van der Waals surface area (Å²) in [6.07, 6.45) is 4.46. The Balaban J connectivity index is 2.24. The number of primary amides is 1. The third-order valence-electron chi connectivity index (χ3n) is 3.36. The molecule has 1 aliphatic heterocycles. The summed E-state index contributed by atoms with van der Waals surface area (Å²) in [6, 6.07) is 3.12. The second kappa shape index (κ2) is 5.69. The van der Waals surface area contributed by atoms with E-state index in [1.807, 2.05) is 4.90 Å². The molecule has 6 heteroatoms. The number of piperidine rings is 1. The van der Waals surface area contributed by atoms with Crippen LogP contribution in [0.15, 0.2) is 18.3 Å². The molecule has 3 N–H and O–H groups in total. The molecule has 2 rings (SSSR count). The Morgan fingerprint density at radius 3 is 2.95 bits per heavy atom. The standard InChI is InChI=1S/C13H17N3O3/c14-13(19)9-4-5-15-11(7-9)16-6-2-1-3-10(16)8-12(17)18/h4-5,7,10H,1-3,6,8H2,(H2,14,19)(H,17,18). The first-order chi connectivity index (χ1) is 9.08. The van der Waals surface area contributed by atoms with Crippen molar-refractivity contribution in [1.82, 2.24) is 4.98 Å². The third-order valence-corrected chi connectivity index (χ3v) is 3.36. The van der Waals surface area contributed by atoms with Crippen LogP contribution in [0.2, 0.25) is 0 Å². The number of nitrogens with zero attached hydrogens (tertiary/aromatic N) is 2. The molecule has 102 valence electrons. The van der Waals surface area contributed by atoms with Gasteiger partial charge in [0.05, 0.1) is 6.42 Å². The Labute approximate surface area is 111 Å². The van der Waals surface area contributed by atoms with Crippen molar-refractivity contribution >= 4 is 17.7 Å². The van der Waals surface area contributed by atoms with Gasteiger partial charge in [0.25, 0.3) is 0 Å². The number of carbonyl (C=O) groups is 2. The first-order valence-electron chi connectivity index (χ1n) is 6.32. The van der Waals surface area contributed by atoms with Crippen molar-refractivity contribution < 1.29 is 14.7 Å². The normalized spacial score (nSPS) is 19.2. The number of hydrogen-bond acceptors (Lipinski definition) is 4. The zero-order chi connectivity index (χ0) is 13.8. The number of pyridine rings is 1. The van der Waals surface area contributed by atoms with Crippen molar-refractivity contribution in [3.05, 3.63) is 23.9 Å². The maximum Gasteiger partial charge on any atom is 0.305 e. The van der Waals surface area contributed by atoms with E-state index in [1.54, 1.807) is 12.1 Å². The second-order valence-corrected chi connectivity index (χ2v) is 4.71. The van der Waals surface area contributed by atoms with Gasteiger partial charge in [0.2, 0.25) is 5.91 Å². The van der Waals surface area contributed by atoms with Crippen molar-refractivity contribution in [3.8, 4) is 0 Å². The van der Waals surface area contributed by atoms with Crippen LogP contribution in [0.25, 0.3) is 0 Å². The molecular formula is C13H17N3O3. The van der Waals surface area contributed by atoms with Crippen molar-refractivity contribution in [3.63, 3.8) is 0 Å². The molecular weight excluding hydrogens is 246 g/mol. The van der Waals surface area contributed by atoms with E-state index >= 15 is 0 Å². The number of carbonyl (C=O) groups excluding carboxylic acids is 1. The lowest BCUT2D eigenvalue weighted by Crippen LogP contribution is -2.41.